The second kappa shape index (κ2) is 7.34. The maximum atomic E-state index is 11.2. The number of hydrogen-bond donors (Lipinski definition) is 2. The van der Waals surface area contributed by atoms with Crippen LogP contribution in [0, 0.1) is 11.8 Å². The summed E-state index contributed by atoms with van der Waals surface area (Å²) in [5, 5.41) is 4.82. The van der Waals surface area contributed by atoms with Gasteiger partial charge in [0.25, 0.3) is 0 Å². The van der Waals surface area contributed by atoms with E-state index in [-0.39, 0.29) is 5.91 Å². The SMILES string of the molecule is CSCC(=O)NCc1cc(C#CCN)cs1. The Kier molecular flexibility index (Phi) is 6.01. The van der Waals surface area contributed by atoms with E-state index in [1.165, 1.54) is 11.8 Å². The Hall–Kier alpha value is -0.960. The minimum atomic E-state index is 0.0653. The van der Waals surface area contributed by atoms with Crippen LogP contribution >= 0.6 is 23.1 Å². The number of carbonyl (C=O) groups is 1. The third kappa shape index (κ3) is 4.71. The fourth-order valence-corrected chi connectivity index (χ4v) is 2.18. The van der Waals surface area contributed by atoms with Gasteiger partial charge in [-0.05, 0) is 12.3 Å². The van der Waals surface area contributed by atoms with Gasteiger partial charge in [0, 0.05) is 15.8 Å². The maximum absolute atomic E-state index is 11.2. The third-order valence-electron chi connectivity index (χ3n) is 1.72. The third-order valence-corrected chi connectivity index (χ3v) is 3.21. The molecule has 0 aliphatic carbocycles. The number of carbonyl (C=O) groups excluding carboxylic acids is 1. The molecule has 0 bridgehead atoms. The largest absolute Gasteiger partial charge is 0.350 e. The predicted molar refractivity (Wildman–Crippen MR) is 70.5 cm³/mol. The molecule has 0 aliphatic rings. The number of nitrogens with one attached hydrogen (secondary N) is 1. The van der Waals surface area contributed by atoms with Crippen LogP contribution in [0.1, 0.15) is 10.4 Å². The first kappa shape index (κ1) is 13.1. The molecule has 3 N–H and O–H groups in total. The lowest BCUT2D eigenvalue weighted by molar-refractivity contribution is -0.118. The van der Waals surface area contributed by atoms with Gasteiger partial charge in [0.15, 0.2) is 0 Å². The predicted octanol–water partition coefficient (Wildman–Crippen LogP) is 1.04. The molecule has 0 unspecified atom stereocenters. The summed E-state index contributed by atoms with van der Waals surface area (Å²) >= 11 is 3.11. The Balaban J connectivity index is 2.43. The summed E-state index contributed by atoms with van der Waals surface area (Å²) in [6, 6.07) is 1.98. The molecule has 0 aromatic carbocycles. The average Bonchev–Trinajstić information content (AvgIpc) is 2.72. The molecule has 0 spiro atoms. The van der Waals surface area contributed by atoms with Crippen molar-refractivity contribution in [2.75, 3.05) is 18.6 Å². The van der Waals surface area contributed by atoms with E-state index >= 15 is 0 Å². The number of thiophene rings is 1. The lowest BCUT2D eigenvalue weighted by atomic mass is 10.3. The van der Waals surface area contributed by atoms with Crippen LogP contribution in [0.4, 0.5) is 0 Å². The molecule has 1 heterocycles. The van der Waals surface area contributed by atoms with Crippen molar-refractivity contribution in [1.29, 1.82) is 0 Å². The van der Waals surface area contributed by atoms with E-state index in [0.29, 0.717) is 18.8 Å². The Morgan fingerprint density at radius 3 is 3.19 bits per heavy atom. The fourth-order valence-electron chi connectivity index (χ4n) is 1.06. The average molecular weight is 254 g/mol. The van der Waals surface area contributed by atoms with E-state index in [9.17, 15) is 4.79 Å². The Morgan fingerprint density at radius 2 is 2.50 bits per heavy atom. The molecule has 3 nitrogen and oxygen atoms in total. The number of rotatable bonds is 4. The van der Waals surface area contributed by atoms with Crippen molar-refractivity contribution >= 4 is 29.0 Å². The van der Waals surface area contributed by atoms with Gasteiger partial charge in [0.2, 0.25) is 5.91 Å². The minimum Gasteiger partial charge on any atom is -0.350 e. The molecular formula is C11H14N2OS2. The first-order valence-electron chi connectivity index (χ1n) is 4.78. The molecule has 1 rings (SSSR count). The smallest absolute Gasteiger partial charge is 0.230 e. The van der Waals surface area contributed by atoms with Gasteiger partial charge in [-0.1, -0.05) is 11.8 Å². The van der Waals surface area contributed by atoms with Gasteiger partial charge in [-0.2, -0.15) is 11.8 Å². The monoisotopic (exact) mass is 254 g/mol. The molecule has 0 saturated carbocycles. The van der Waals surface area contributed by atoms with Crippen molar-refractivity contribution in [3.05, 3.63) is 21.9 Å². The highest BCUT2D eigenvalue weighted by molar-refractivity contribution is 7.99. The highest BCUT2D eigenvalue weighted by atomic mass is 32.2. The molecule has 0 atom stereocenters. The van der Waals surface area contributed by atoms with Gasteiger partial charge in [0.1, 0.15) is 0 Å². The van der Waals surface area contributed by atoms with Crippen LogP contribution in [-0.4, -0.2) is 24.5 Å². The normalized spacial score (nSPS) is 9.38. The van der Waals surface area contributed by atoms with Gasteiger partial charge in [0.05, 0.1) is 18.8 Å². The first-order chi connectivity index (χ1) is 7.76. The summed E-state index contributed by atoms with van der Waals surface area (Å²) in [5.41, 5.74) is 6.25. The molecule has 1 amide bonds. The second-order valence-electron chi connectivity index (χ2n) is 3.02. The Morgan fingerprint density at radius 1 is 1.69 bits per heavy atom. The molecule has 1 aromatic rings. The summed E-state index contributed by atoms with van der Waals surface area (Å²) in [4.78, 5) is 12.3. The number of thioether (sulfide) groups is 1. The van der Waals surface area contributed by atoms with Gasteiger partial charge in [-0.3, -0.25) is 4.79 Å². The standard InChI is InChI=1S/C11H14N2OS2/c1-15-8-11(14)13-6-10-5-9(7-16-10)3-2-4-12/h5,7H,4,6,8,12H2,1H3,(H,13,14). The highest BCUT2D eigenvalue weighted by Crippen LogP contribution is 2.13. The molecule has 16 heavy (non-hydrogen) atoms. The lowest BCUT2D eigenvalue weighted by Crippen LogP contribution is -2.23. The van der Waals surface area contributed by atoms with Crippen LogP contribution in [0.5, 0.6) is 0 Å². The summed E-state index contributed by atoms with van der Waals surface area (Å²) in [6.07, 6.45) is 1.91. The Labute approximate surface area is 104 Å². The zero-order chi connectivity index (χ0) is 11.8. The molecular weight excluding hydrogens is 240 g/mol. The van der Waals surface area contributed by atoms with E-state index in [1.807, 2.05) is 17.7 Å². The minimum absolute atomic E-state index is 0.0653. The topological polar surface area (TPSA) is 55.1 Å². The number of nitrogens with two attached hydrogens (primary N) is 1. The zero-order valence-electron chi connectivity index (χ0n) is 9.08. The van der Waals surface area contributed by atoms with Crippen molar-refractivity contribution in [3.8, 4) is 11.8 Å². The van der Waals surface area contributed by atoms with Crippen molar-refractivity contribution in [1.82, 2.24) is 5.32 Å². The van der Waals surface area contributed by atoms with E-state index in [4.69, 9.17) is 5.73 Å². The molecule has 5 heteroatoms. The first-order valence-corrected chi connectivity index (χ1v) is 7.05. The van der Waals surface area contributed by atoms with Gasteiger partial charge in [-0.25, -0.2) is 0 Å². The summed E-state index contributed by atoms with van der Waals surface area (Å²) in [7, 11) is 0. The quantitative estimate of drug-likeness (QED) is 0.789. The van der Waals surface area contributed by atoms with E-state index in [0.717, 1.165) is 10.4 Å². The Bertz CT molecular complexity index is 404. The number of amides is 1. The van der Waals surface area contributed by atoms with Crippen molar-refractivity contribution < 1.29 is 4.79 Å². The van der Waals surface area contributed by atoms with Crippen LogP contribution in [0.2, 0.25) is 0 Å². The lowest BCUT2D eigenvalue weighted by Gasteiger charge is -2.00. The van der Waals surface area contributed by atoms with Crippen LogP contribution in [0.25, 0.3) is 0 Å². The molecule has 0 aliphatic heterocycles. The molecule has 0 radical (unpaired) electrons. The molecule has 86 valence electrons. The van der Waals surface area contributed by atoms with E-state index in [2.05, 4.69) is 17.2 Å². The van der Waals surface area contributed by atoms with Crippen LogP contribution in [-0.2, 0) is 11.3 Å². The maximum Gasteiger partial charge on any atom is 0.230 e. The fraction of sp³-hybridized carbons (Fsp3) is 0.364. The zero-order valence-corrected chi connectivity index (χ0v) is 10.7. The molecule has 0 fully saturated rings. The molecule has 0 saturated heterocycles. The van der Waals surface area contributed by atoms with Gasteiger partial charge < -0.3 is 11.1 Å². The summed E-state index contributed by atoms with van der Waals surface area (Å²) in [6.45, 7) is 0.948. The molecule has 1 aromatic heterocycles. The van der Waals surface area contributed by atoms with Crippen molar-refractivity contribution in [3.63, 3.8) is 0 Å². The van der Waals surface area contributed by atoms with E-state index < -0.39 is 0 Å². The highest BCUT2D eigenvalue weighted by Gasteiger charge is 2.01. The van der Waals surface area contributed by atoms with Crippen LogP contribution < -0.4 is 11.1 Å². The van der Waals surface area contributed by atoms with Crippen molar-refractivity contribution in [2.24, 2.45) is 5.73 Å². The van der Waals surface area contributed by atoms with Gasteiger partial charge in [-0.15, -0.1) is 11.3 Å². The van der Waals surface area contributed by atoms with Crippen LogP contribution in [0.3, 0.4) is 0 Å². The van der Waals surface area contributed by atoms with Gasteiger partial charge >= 0.3 is 0 Å². The second-order valence-corrected chi connectivity index (χ2v) is 4.88. The summed E-state index contributed by atoms with van der Waals surface area (Å²) in [5.74, 6) is 6.32. The number of hydrogen-bond acceptors (Lipinski definition) is 4. The summed E-state index contributed by atoms with van der Waals surface area (Å²) < 4.78 is 0. The van der Waals surface area contributed by atoms with Crippen molar-refractivity contribution in [2.45, 2.75) is 6.54 Å². The van der Waals surface area contributed by atoms with Crippen LogP contribution in [0.15, 0.2) is 11.4 Å². The van der Waals surface area contributed by atoms with E-state index in [1.54, 1.807) is 11.3 Å².